The largest absolute Gasteiger partial charge is 0.326 e. The van der Waals surface area contributed by atoms with E-state index in [-0.39, 0.29) is 12.1 Å². The van der Waals surface area contributed by atoms with Crippen LogP contribution >= 0.6 is 11.6 Å². The van der Waals surface area contributed by atoms with Crippen molar-refractivity contribution in [2.24, 2.45) is 5.73 Å². The summed E-state index contributed by atoms with van der Waals surface area (Å²) in [5.41, 5.74) is 7.08. The molecular weight excluding hydrogens is 224 g/mol. The molecule has 1 aromatic carbocycles. The maximum atomic E-state index is 6.20. The Morgan fingerprint density at radius 1 is 1.44 bits per heavy atom. The SMILES string of the molecule is CC(N)C(c1ccccc1Cl)N1CCCO1. The molecule has 2 N–H and O–H groups in total. The highest BCUT2D eigenvalue weighted by atomic mass is 35.5. The van der Waals surface area contributed by atoms with Gasteiger partial charge in [-0.2, -0.15) is 5.06 Å². The van der Waals surface area contributed by atoms with Crippen molar-refractivity contribution in [3.63, 3.8) is 0 Å². The average Bonchev–Trinajstić information content (AvgIpc) is 2.74. The zero-order valence-corrected chi connectivity index (χ0v) is 10.2. The summed E-state index contributed by atoms with van der Waals surface area (Å²) in [6.45, 7) is 3.67. The van der Waals surface area contributed by atoms with Crippen LogP contribution in [0.5, 0.6) is 0 Å². The van der Waals surface area contributed by atoms with Crippen molar-refractivity contribution in [2.45, 2.75) is 25.4 Å². The van der Waals surface area contributed by atoms with Gasteiger partial charge in [0.1, 0.15) is 0 Å². The summed E-state index contributed by atoms with van der Waals surface area (Å²) >= 11 is 6.20. The Morgan fingerprint density at radius 3 is 2.75 bits per heavy atom. The first-order valence-electron chi connectivity index (χ1n) is 5.59. The Hall–Kier alpha value is -0.610. The molecule has 88 valence electrons. The summed E-state index contributed by atoms with van der Waals surface area (Å²) in [5.74, 6) is 0. The van der Waals surface area contributed by atoms with E-state index in [9.17, 15) is 0 Å². The van der Waals surface area contributed by atoms with E-state index in [0.29, 0.717) is 0 Å². The van der Waals surface area contributed by atoms with Crippen molar-refractivity contribution in [3.05, 3.63) is 34.9 Å². The molecule has 16 heavy (non-hydrogen) atoms. The van der Waals surface area contributed by atoms with E-state index < -0.39 is 0 Å². The zero-order valence-electron chi connectivity index (χ0n) is 9.40. The predicted octanol–water partition coefficient (Wildman–Crippen LogP) is 2.37. The molecule has 2 unspecified atom stereocenters. The molecule has 4 heteroatoms. The van der Waals surface area contributed by atoms with Crippen LogP contribution in [-0.4, -0.2) is 24.3 Å². The first-order chi connectivity index (χ1) is 7.70. The van der Waals surface area contributed by atoms with Crippen molar-refractivity contribution >= 4 is 11.6 Å². The van der Waals surface area contributed by atoms with Crippen molar-refractivity contribution < 1.29 is 4.84 Å². The van der Waals surface area contributed by atoms with Gasteiger partial charge in [-0.15, -0.1) is 0 Å². The fraction of sp³-hybridized carbons (Fsp3) is 0.500. The number of halogens is 1. The van der Waals surface area contributed by atoms with E-state index >= 15 is 0 Å². The number of nitrogens with two attached hydrogens (primary N) is 1. The molecule has 3 nitrogen and oxygen atoms in total. The zero-order chi connectivity index (χ0) is 11.5. The van der Waals surface area contributed by atoms with Crippen molar-refractivity contribution in [3.8, 4) is 0 Å². The highest BCUT2D eigenvalue weighted by Crippen LogP contribution is 2.31. The van der Waals surface area contributed by atoms with Gasteiger partial charge in [0, 0.05) is 17.6 Å². The lowest BCUT2D eigenvalue weighted by Crippen LogP contribution is -2.37. The first-order valence-corrected chi connectivity index (χ1v) is 5.97. The Balaban J connectivity index is 2.28. The number of nitrogens with zero attached hydrogens (tertiary/aromatic N) is 1. The third-order valence-corrected chi connectivity index (χ3v) is 3.16. The fourth-order valence-electron chi connectivity index (χ4n) is 2.10. The second kappa shape index (κ2) is 5.15. The lowest BCUT2D eigenvalue weighted by molar-refractivity contribution is -0.147. The number of hydroxylamine groups is 2. The molecule has 1 heterocycles. The van der Waals surface area contributed by atoms with Crippen LogP contribution in [-0.2, 0) is 4.84 Å². The second-order valence-electron chi connectivity index (χ2n) is 4.15. The van der Waals surface area contributed by atoms with Crippen LogP contribution in [0.25, 0.3) is 0 Å². The van der Waals surface area contributed by atoms with Gasteiger partial charge >= 0.3 is 0 Å². The van der Waals surface area contributed by atoms with Crippen LogP contribution in [0, 0.1) is 0 Å². The van der Waals surface area contributed by atoms with Gasteiger partial charge in [0.2, 0.25) is 0 Å². The van der Waals surface area contributed by atoms with Crippen LogP contribution < -0.4 is 5.73 Å². The molecule has 1 saturated heterocycles. The Morgan fingerprint density at radius 2 is 2.19 bits per heavy atom. The lowest BCUT2D eigenvalue weighted by atomic mass is 10.0. The maximum absolute atomic E-state index is 6.20. The second-order valence-corrected chi connectivity index (χ2v) is 4.56. The molecule has 1 fully saturated rings. The Bertz CT molecular complexity index is 351. The topological polar surface area (TPSA) is 38.5 Å². The molecule has 2 atom stereocenters. The molecule has 0 saturated carbocycles. The van der Waals surface area contributed by atoms with Crippen molar-refractivity contribution in [1.29, 1.82) is 0 Å². The van der Waals surface area contributed by atoms with E-state index in [1.165, 1.54) is 0 Å². The number of hydrogen-bond donors (Lipinski definition) is 1. The highest BCUT2D eigenvalue weighted by molar-refractivity contribution is 6.31. The summed E-state index contributed by atoms with van der Waals surface area (Å²) in [4.78, 5) is 5.58. The van der Waals surface area contributed by atoms with E-state index in [1.807, 2.05) is 36.3 Å². The Labute approximate surface area is 101 Å². The van der Waals surface area contributed by atoms with Gasteiger partial charge in [-0.3, -0.25) is 4.84 Å². The fourth-order valence-corrected chi connectivity index (χ4v) is 2.35. The van der Waals surface area contributed by atoms with Crippen LogP contribution in [0.1, 0.15) is 24.9 Å². The summed E-state index contributed by atoms with van der Waals surface area (Å²) < 4.78 is 0. The maximum Gasteiger partial charge on any atom is 0.0764 e. The molecule has 0 bridgehead atoms. The van der Waals surface area contributed by atoms with Crippen LogP contribution in [0.2, 0.25) is 5.02 Å². The van der Waals surface area contributed by atoms with E-state index in [2.05, 4.69) is 0 Å². The van der Waals surface area contributed by atoms with E-state index in [4.69, 9.17) is 22.2 Å². The molecule has 1 aromatic rings. The molecule has 0 spiro atoms. The average molecular weight is 241 g/mol. The van der Waals surface area contributed by atoms with Gasteiger partial charge in [0.15, 0.2) is 0 Å². The third kappa shape index (κ3) is 2.38. The minimum atomic E-state index is -0.0157. The van der Waals surface area contributed by atoms with Crippen LogP contribution in [0.4, 0.5) is 0 Å². The quantitative estimate of drug-likeness (QED) is 0.882. The van der Waals surface area contributed by atoms with Gasteiger partial charge in [0.05, 0.1) is 12.6 Å². The van der Waals surface area contributed by atoms with Gasteiger partial charge in [-0.1, -0.05) is 29.8 Å². The van der Waals surface area contributed by atoms with Gasteiger partial charge in [0.25, 0.3) is 0 Å². The summed E-state index contributed by atoms with van der Waals surface area (Å²) in [7, 11) is 0. The van der Waals surface area contributed by atoms with E-state index in [1.54, 1.807) is 0 Å². The molecular formula is C12H17ClN2O. The smallest absolute Gasteiger partial charge is 0.0764 e. The standard InChI is InChI=1S/C12H17ClN2O/c1-9(14)12(15-7-4-8-16-15)10-5-2-3-6-11(10)13/h2-3,5-6,9,12H,4,7-8,14H2,1H3. The van der Waals surface area contributed by atoms with Crippen LogP contribution in [0.15, 0.2) is 24.3 Å². The number of benzene rings is 1. The molecule has 0 aliphatic carbocycles. The molecule has 1 aliphatic heterocycles. The van der Waals surface area contributed by atoms with Crippen molar-refractivity contribution in [2.75, 3.05) is 13.2 Å². The molecule has 0 radical (unpaired) electrons. The molecule has 1 aliphatic rings. The molecule has 0 amide bonds. The summed E-state index contributed by atoms with van der Waals surface area (Å²) in [6.07, 6.45) is 1.05. The monoisotopic (exact) mass is 240 g/mol. The van der Waals surface area contributed by atoms with Crippen LogP contribution in [0.3, 0.4) is 0 Å². The lowest BCUT2D eigenvalue weighted by Gasteiger charge is -2.30. The van der Waals surface area contributed by atoms with Gasteiger partial charge < -0.3 is 5.73 Å². The third-order valence-electron chi connectivity index (χ3n) is 2.81. The molecule has 2 rings (SSSR count). The minimum Gasteiger partial charge on any atom is -0.326 e. The predicted molar refractivity (Wildman–Crippen MR) is 65.1 cm³/mol. The van der Waals surface area contributed by atoms with E-state index in [0.717, 1.165) is 30.2 Å². The van der Waals surface area contributed by atoms with Crippen molar-refractivity contribution in [1.82, 2.24) is 5.06 Å². The number of rotatable bonds is 3. The van der Waals surface area contributed by atoms with Gasteiger partial charge in [-0.25, -0.2) is 0 Å². The number of hydrogen-bond acceptors (Lipinski definition) is 3. The van der Waals surface area contributed by atoms with Gasteiger partial charge in [-0.05, 0) is 25.0 Å². The normalized spacial score (nSPS) is 20.9. The Kier molecular flexibility index (Phi) is 3.82. The summed E-state index contributed by atoms with van der Waals surface area (Å²) in [5, 5.41) is 2.70. The highest BCUT2D eigenvalue weighted by Gasteiger charge is 2.29. The first kappa shape index (κ1) is 11.9. The summed E-state index contributed by atoms with van der Waals surface area (Å²) in [6, 6.07) is 7.83. The minimum absolute atomic E-state index is 0.0157. The molecule has 0 aromatic heterocycles.